The Bertz CT molecular complexity index is 1280. The van der Waals surface area contributed by atoms with Gasteiger partial charge in [-0.25, -0.2) is 18.7 Å². The van der Waals surface area contributed by atoms with Crippen LogP contribution in [0.15, 0.2) is 18.5 Å². The van der Waals surface area contributed by atoms with E-state index >= 15 is 0 Å². The van der Waals surface area contributed by atoms with Crippen LogP contribution in [-0.4, -0.2) is 47.4 Å². The van der Waals surface area contributed by atoms with Crippen molar-refractivity contribution in [1.82, 2.24) is 29.3 Å². The van der Waals surface area contributed by atoms with E-state index in [1.54, 1.807) is 10.8 Å². The Morgan fingerprint density at radius 3 is 2.51 bits per heavy atom. The third kappa shape index (κ3) is 3.51. The van der Waals surface area contributed by atoms with Crippen molar-refractivity contribution in [3.8, 4) is 22.8 Å². The van der Waals surface area contributed by atoms with Crippen LogP contribution >= 0.6 is 0 Å². The zero-order chi connectivity index (χ0) is 24.6. The number of nitrogens with zero attached hydrogens (tertiary/aromatic N) is 6. The minimum absolute atomic E-state index is 0.00412. The lowest BCUT2D eigenvalue weighted by atomic mass is 9.67. The number of hydrogen-bond donors (Lipinski definition) is 1. The molecule has 2 aliphatic carbocycles. The second kappa shape index (κ2) is 7.47. The van der Waals surface area contributed by atoms with E-state index in [9.17, 15) is 22.0 Å². The van der Waals surface area contributed by atoms with Crippen LogP contribution in [0.5, 0.6) is 0 Å². The summed E-state index contributed by atoms with van der Waals surface area (Å²) in [5.41, 5.74) is 0.938. The van der Waals surface area contributed by atoms with Crippen LogP contribution in [0.25, 0.3) is 22.8 Å². The average molecular weight is 493 g/mol. The van der Waals surface area contributed by atoms with Crippen molar-refractivity contribution in [2.24, 2.45) is 0 Å². The maximum absolute atomic E-state index is 14.0. The molecule has 0 atom stereocenters. The van der Waals surface area contributed by atoms with Crippen LogP contribution in [0.2, 0.25) is 0 Å². The Morgan fingerprint density at radius 2 is 1.86 bits per heavy atom. The fraction of sp³-hybridized carbons (Fsp3) is 0.565. The average Bonchev–Trinajstić information content (AvgIpc) is 3.27. The highest BCUT2D eigenvalue weighted by Crippen LogP contribution is 2.54. The molecule has 0 unspecified atom stereocenters. The van der Waals surface area contributed by atoms with Crippen molar-refractivity contribution in [3.63, 3.8) is 0 Å². The van der Waals surface area contributed by atoms with Crippen molar-refractivity contribution in [2.45, 2.75) is 82.1 Å². The highest BCUT2D eigenvalue weighted by molar-refractivity contribution is 5.70. The van der Waals surface area contributed by atoms with Gasteiger partial charge in [-0.3, -0.25) is 0 Å². The highest BCUT2D eigenvalue weighted by Gasteiger charge is 2.62. The molecule has 0 saturated heterocycles. The summed E-state index contributed by atoms with van der Waals surface area (Å²) in [6.45, 7) is 2.88. The number of hydrogen-bond acceptors (Lipinski definition) is 5. The zero-order valence-electron chi connectivity index (χ0n) is 19.0. The van der Waals surface area contributed by atoms with Gasteiger partial charge in [0.15, 0.2) is 5.82 Å². The van der Waals surface area contributed by atoms with Crippen molar-refractivity contribution < 1.29 is 22.0 Å². The molecule has 2 fully saturated rings. The molecule has 0 amide bonds. The van der Waals surface area contributed by atoms with Gasteiger partial charge >= 0.3 is 6.18 Å². The van der Waals surface area contributed by atoms with Gasteiger partial charge in [-0.1, -0.05) is 6.42 Å². The summed E-state index contributed by atoms with van der Waals surface area (Å²) in [6.07, 6.45) is -0.126. The molecule has 1 N–H and O–H groups in total. The van der Waals surface area contributed by atoms with Gasteiger partial charge in [-0.2, -0.15) is 13.2 Å². The van der Waals surface area contributed by atoms with Gasteiger partial charge in [0.05, 0.1) is 11.4 Å². The van der Waals surface area contributed by atoms with Gasteiger partial charge in [0, 0.05) is 49.9 Å². The molecule has 1 aliphatic heterocycles. The van der Waals surface area contributed by atoms with Crippen LogP contribution in [0, 0.1) is 6.92 Å². The SMILES string of the molecule is Cc1cnc(NC2CC(F)(F)C2)nc1-c1cc2n(c1)CCCn1c-2nnc1C1(C(F)(F)F)CCC1. The van der Waals surface area contributed by atoms with E-state index in [2.05, 4.69) is 25.5 Å². The van der Waals surface area contributed by atoms with E-state index in [-0.39, 0.29) is 43.5 Å². The van der Waals surface area contributed by atoms with Gasteiger partial charge in [0.1, 0.15) is 11.2 Å². The molecule has 3 aromatic heterocycles. The predicted octanol–water partition coefficient (Wildman–Crippen LogP) is 5.11. The fourth-order valence-electron chi connectivity index (χ4n) is 5.38. The first-order valence-corrected chi connectivity index (χ1v) is 11.8. The summed E-state index contributed by atoms with van der Waals surface area (Å²) < 4.78 is 72.0. The number of aromatic nitrogens is 6. The lowest BCUT2D eigenvalue weighted by Gasteiger charge is -2.42. The molecular formula is C23H24F5N7. The van der Waals surface area contributed by atoms with Crippen LogP contribution in [0.3, 0.4) is 0 Å². The van der Waals surface area contributed by atoms with Crippen LogP contribution < -0.4 is 5.32 Å². The van der Waals surface area contributed by atoms with E-state index in [1.165, 1.54) is 0 Å². The normalized spacial score (nSPS) is 20.9. The van der Waals surface area contributed by atoms with E-state index in [1.807, 2.05) is 23.8 Å². The standard InChI is InChI=1S/C23H24F5N7/c1-13-11-29-20(30-15-9-22(24,25)10-15)31-17(13)14-8-16-18-32-33-19(21(4-2-5-21)23(26,27)28)35(18)7-3-6-34(16)12-14/h8,11-12,15H,2-7,9-10H2,1H3,(H,29,30,31). The summed E-state index contributed by atoms with van der Waals surface area (Å²) in [4.78, 5) is 8.79. The molecule has 6 rings (SSSR count). The first kappa shape index (κ1) is 22.4. The van der Waals surface area contributed by atoms with Crippen LogP contribution in [-0.2, 0) is 18.5 Å². The maximum atomic E-state index is 14.0. The second-order valence-corrected chi connectivity index (χ2v) is 9.92. The first-order valence-electron chi connectivity index (χ1n) is 11.8. The lowest BCUT2D eigenvalue weighted by molar-refractivity contribution is -0.216. The molecule has 0 radical (unpaired) electrons. The molecule has 3 aromatic rings. The molecule has 0 bridgehead atoms. The molecule has 186 valence electrons. The van der Waals surface area contributed by atoms with Crippen molar-refractivity contribution in [3.05, 3.63) is 29.8 Å². The van der Waals surface area contributed by atoms with Gasteiger partial charge in [0.2, 0.25) is 5.95 Å². The lowest BCUT2D eigenvalue weighted by Crippen LogP contribution is -2.49. The Labute approximate surface area is 197 Å². The van der Waals surface area contributed by atoms with E-state index < -0.39 is 17.5 Å². The Kier molecular flexibility index (Phi) is 4.79. The van der Waals surface area contributed by atoms with Crippen LogP contribution in [0.4, 0.5) is 27.9 Å². The number of nitrogens with one attached hydrogen (secondary N) is 1. The van der Waals surface area contributed by atoms with E-state index in [0.717, 1.165) is 11.1 Å². The van der Waals surface area contributed by atoms with E-state index in [4.69, 9.17) is 0 Å². The maximum Gasteiger partial charge on any atom is 0.401 e. The Hall–Kier alpha value is -3.05. The minimum atomic E-state index is -4.37. The number of halogens is 5. The third-order valence-corrected chi connectivity index (χ3v) is 7.50. The number of alkyl halides is 5. The summed E-state index contributed by atoms with van der Waals surface area (Å²) in [5, 5.41) is 11.2. The van der Waals surface area contributed by atoms with Gasteiger partial charge in [-0.05, 0) is 37.8 Å². The monoisotopic (exact) mass is 493 g/mol. The summed E-state index contributed by atoms with van der Waals surface area (Å²) >= 11 is 0. The largest absolute Gasteiger partial charge is 0.401 e. The topological polar surface area (TPSA) is 73.5 Å². The Morgan fingerprint density at radius 1 is 1.09 bits per heavy atom. The van der Waals surface area contributed by atoms with Gasteiger partial charge in [0.25, 0.3) is 5.92 Å². The smallest absolute Gasteiger partial charge is 0.351 e. The highest BCUT2D eigenvalue weighted by atomic mass is 19.4. The zero-order valence-corrected chi connectivity index (χ0v) is 19.0. The number of anilines is 1. The molecule has 3 aliphatic rings. The molecule has 2 saturated carbocycles. The Balaban J connectivity index is 1.35. The first-order chi connectivity index (χ1) is 16.6. The molecular weight excluding hydrogens is 469 g/mol. The van der Waals surface area contributed by atoms with Gasteiger partial charge in [-0.15, -0.1) is 10.2 Å². The van der Waals surface area contributed by atoms with Gasteiger partial charge < -0.3 is 14.5 Å². The third-order valence-electron chi connectivity index (χ3n) is 7.50. The van der Waals surface area contributed by atoms with E-state index in [0.29, 0.717) is 43.1 Å². The molecule has 7 nitrogen and oxygen atoms in total. The molecule has 12 heteroatoms. The summed E-state index contributed by atoms with van der Waals surface area (Å²) in [7, 11) is 0. The second-order valence-electron chi connectivity index (χ2n) is 9.92. The van der Waals surface area contributed by atoms with Crippen molar-refractivity contribution in [2.75, 3.05) is 5.32 Å². The summed E-state index contributed by atoms with van der Waals surface area (Å²) in [6, 6.07) is 1.48. The predicted molar refractivity (Wildman–Crippen MR) is 117 cm³/mol. The molecule has 0 spiro atoms. The van der Waals surface area contributed by atoms with Crippen LogP contribution in [0.1, 0.15) is 49.9 Å². The number of aryl methyl sites for hydroxylation is 2. The number of fused-ring (bicyclic) bond motifs is 3. The molecule has 4 heterocycles. The van der Waals surface area contributed by atoms with Crippen molar-refractivity contribution >= 4 is 5.95 Å². The quantitative estimate of drug-likeness (QED) is 0.512. The molecule has 35 heavy (non-hydrogen) atoms. The molecule has 0 aromatic carbocycles. The van der Waals surface area contributed by atoms with Crippen molar-refractivity contribution in [1.29, 1.82) is 0 Å². The fourth-order valence-corrected chi connectivity index (χ4v) is 5.38. The number of rotatable bonds is 4. The minimum Gasteiger partial charge on any atom is -0.351 e. The summed E-state index contributed by atoms with van der Waals surface area (Å²) in [5.74, 6) is -1.95.